The van der Waals surface area contributed by atoms with E-state index in [4.69, 9.17) is 11.6 Å². The second-order valence-electron chi connectivity index (χ2n) is 4.59. The molecule has 0 bridgehead atoms. The number of nitrogens with one attached hydrogen (secondary N) is 1. The van der Waals surface area contributed by atoms with Gasteiger partial charge in [0.2, 0.25) is 0 Å². The lowest BCUT2D eigenvalue weighted by atomic mass is 10.1. The van der Waals surface area contributed by atoms with Gasteiger partial charge in [0.15, 0.2) is 5.78 Å². The van der Waals surface area contributed by atoms with Crippen LogP contribution in [0.25, 0.3) is 6.08 Å². The molecule has 0 fully saturated rings. The van der Waals surface area contributed by atoms with Gasteiger partial charge in [-0.25, -0.2) is 0 Å². The smallest absolute Gasteiger partial charge is 0.259 e. The number of hydrogen-bond acceptors (Lipinski definition) is 2. The number of pyridine rings is 1. The number of ketones is 1. The molecule has 0 saturated carbocycles. The molecule has 0 aliphatic rings. The molecule has 0 spiro atoms. The number of aromatic nitrogens is 1. The molecule has 20 heavy (non-hydrogen) atoms. The molecule has 1 heterocycles. The zero-order chi connectivity index (χ0) is 14.7. The summed E-state index contributed by atoms with van der Waals surface area (Å²) in [4.78, 5) is 26.6. The fraction of sp³-hybridized carbons (Fsp3) is 0.125. The highest BCUT2D eigenvalue weighted by atomic mass is 35.5. The lowest BCUT2D eigenvalue weighted by Crippen LogP contribution is -2.19. The quantitative estimate of drug-likeness (QED) is 0.693. The molecule has 0 unspecified atom stereocenters. The molecule has 0 aliphatic heterocycles. The highest BCUT2D eigenvalue weighted by Crippen LogP contribution is 2.11. The highest BCUT2D eigenvalue weighted by Gasteiger charge is 2.11. The van der Waals surface area contributed by atoms with Crippen LogP contribution in [0.5, 0.6) is 0 Å². The van der Waals surface area contributed by atoms with E-state index >= 15 is 0 Å². The first-order valence-electron chi connectivity index (χ1n) is 6.16. The molecular formula is C16H14ClNO2. The van der Waals surface area contributed by atoms with Gasteiger partial charge in [-0.3, -0.25) is 9.59 Å². The number of benzene rings is 1. The summed E-state index contributed by atoms with van der Waals surface area (Å²) in [5.41, 5.74) is 2.10. The maximum Gasteiger partial charge on any atom is 0.259 e. The molecule has 4 heteroatoms. The van der Waals surface area contributed by atoms with Crippen LogP contribution in [-0.2, 0) is 0 Å². The van der Waals surface area contributed by atoms with Crippen LogP contribution < -0.4 is 5.56 Å². The van der Waals surface area contributed by atoms with E-state index in [1.807, 2.05) is 0 Å². The Morgan fingerprint density at radius 1 is 1.20 bits per heavy atom. The van der Waals surface area contributed by atoms with Crippen LogP contribution in [0.2, 0.25) is 5.02 Å². The first-order valence-corrected chi connectivity index (χ1v) is 6.53. The summed E-state index contributed by atoms with van der Waals surface area (Å²) in [5.74, 6) is -0.307. The van der Waals surface area contributed by atoms with Crippen LogP contribution in [0.15, 0.2) is 41.2 Å². The van der Waals surface area contributed by atoms with Gasteiger partial charge in [-0.15, -0.1) is 0 Å². The molecule has 2 rings (SSSR count). The van der Waals surface area contributed by atoms with Gasteiger partial charge < -0.3 is 4.98 Å². The topological polar surface area (TPSA) is 49.9 Å². The minimum atomic E-state index is -0.353. The standard InChI is InChI=1S/C16H14ClNO2/c1-10-9-11(2)18-16(20)15(10)14(19)8-5-12-3-6-13(17)7-4-12/h3-9H,1-2H3,(H,18,20)/b8-5+. The fourth-order valence-corrected chi connectivity index (χ4v) is 2.12. The Bertz CT molecular complexity index is 727. The van der Waals surface area contributed by atoms with Gasteiger partial charge in [0.1, 0.15) is 0 Å². The maximum atomic E-state index is 12.1. The number of allylic oxidation sites excluding steroid dienone is 1. The molecule has 102 valence electrons. The zero-order valence-electron chi connectivity index (χ0n) is 11.2. The molecule has 0 radical (unpaired) electrons. The van der Waals surface area contributed by atoms with Gasteiger partial charge in [0.25, 0.3) is 5.56 Å². The Hall–Kier alpha value is -2.13. The van der Waals surface area contributed by atoms with Gasteiger partial charge in [-0.2, -0.15) is 0 Å². The van der Waals surface area contributed by atoms with Crippen LogP contribution in [0, 0.1) is 13.8 Å². The number of rotatable bonds is 3. The van der Waals surface area contributed by atoms with Crippen LogP contribution in [0.4, 0.5) is 0 Å². The summed E-state index contributed by atoms with van der Waals surface area (Å²) in [5, 5.41) is 0.638. The van der Waals surface area contributed by atoms with Crippen molar-refractivity contribution < 1.29 is 4.79 Å². The Morgan fingerprint density at radius 3 is 2.45 bits per heavy atom. The van der Waals surface area contributed by atoms with Gasteiger partial charge in [0, 0.05) is 10.7 Å². The van der Waals surface area contributed by atoms with Crippen molar-refractivity contribution in [3.05, 3.63) is 74.2 Å². The number of aromatic amines is 1. The fourth-order valence-electron chi connectivity index (χ4n) is 1.99. The second kappa shape index (κ2) is 5.88. The lowest BCUT2D eigenvalue weighted by molar-refractivity contribution is 0.104. The summed E-state index contributed by atoms with van der Waals surface area (Å²) in [6, 6.07) is 8.88. The van der Waals surface area contributed by atoms with Crippen molar-refractivity contribution in [3.63, 3.8) is 0 Å². The van der Waals surface area contributed by atoms with Crippen molar-refractivity contribution in [3.8, 4) is 0 Å². The van der Waals surface area contributed by atoms with E-state index in [2.05, 4.69) is 4.98 Å². The molecule has 3 nitrogen and oxygen atoms in total. The first-order chi connectivity index (χ1) is 9.47. The van der Waals surface area contributed by atoms with Crippen molar-refractivity contribution in [1.82, 2.24) is 4.98 Å². The first kappa shape index (κ1) is 14.3. The van der Waals surface area contributed by atoms with E-state index in [1.165, 1.54) is 6.08 Å². The van der Waals surface area contributed by atoms with E-state index in [1.54, 1.807) is 50.3 Å². The molecular weight excluding hydrogens is 274 g/mol. The third-order valence-corrected chi connectivity index (χ3v) is 3.16. The Kier molecular flexibility index (Phi) is 4.20. The summed E-state index contributed by atoms with van der Waals surface area (Å²) in [6.07, 6.45) is 3.06. The molecule has 0 amide bonds. The minimum Gasteiger partial charge on any atom is -0.326 e. The van der Waals surface area contributed by atoms with Crippen LogP contribution in [0.3, 0.4) is 0 Å². The molecule has 1 aromatic carbocycles. The molecule has 0 atom stereocenters. The van der Waals surface area contributed by atoms with Crippen molar-refractivity contribution in [2.24, 2.45) is 0 Å². The second-order valence-corrected chi connectivity index (χ2v) is 5.03. The van der Waals surface area contributed by atoms with Crippen molar-refractivity contribution in [2.75, 3.05) is 0 Å². The normalized spacial score (nSPS) is 10.9. The largest absolute Gasteiger partial charge is 0.326 e. The van der Waals surface area contributed by atoms with Gasteiger partial charge in [-0.05, 0) is 49.2 Å². The molecule has 1 aromatic heterocycles. The summed E-state index contributed by atoms with van der Waals surface area (Å²) >= 11 is 5.79. The number of H-pyrrole nitrogens is 1. The lowest BCUT2D eigenvalue weighted by Gasteiger charge is -2.02. The van der Waals surface area contributed by atoms with Crippen molar-refractivity contribution in [2.45, 2.75) is 13.8 Å². The van der Waals surface area contributed by atoms with Crippen LogP contribution >= 0.6 is 11.6 Å². The molecule has 2 aromatic rings. The van der Waals surface area contributed by atoms with E-state index < -0.39 is 0 Å². The molecule has 0 aliphatic carbocycles. The SMILES string of the molecule is Cc1cc(C)c(C(=O)/C=C/c2ccc(Cl)cc2)c(=O)[nH]1. The molecule has 1 N–H and O–H groups in total. The Balaban J connectivity index is 2.29. The van der Waals surface area contributed by atoms with Gasteiger partial charge in [0.05, 0.1) is 5.56 Å². The Labute approximate surface area is 121 Å². The third kappa shape index (κ3) is 3.25. The number of carbonyl (C=O) groups is 1. The van der Waals surface area contributed by atoms with Gasteiger partial charge in [-0.1, -0.05) is 29.8 Å². The maximum absolute atomic E-state index is 12.1. The van der Waals surface area contributed by atoms with E-state index in [0.29, 0.717) is 10.6 Å². The van der Waals surface area contributed by atoms with Crippen molar-refractivity contribution >= 4 is 23.5 Å². The van der Waals surface area contributed by atoms with E-state index in [0.717, 1.165) is 11.3 Å². The summed E-state index contributed by atoms with van der Waals surface area (Å²) in [7, 11) is 0. The number of halogens is 1. The number of aryl methyl sites for hydroxylation is 2. The van der Waals surface area contributed by atoms with E-state index in [9.17, 15) is 9.59 Å². The summed E-state index contributed by atoms with van der Waals surface area (Å²) < 4.78 is 0. The predicted molar refractivity (Wildman–Crippen MR) is 81.4 cm³/mol. The number of hydrogen-bond donors (Lipinski definition) is 1. The van der Waals surface area contributed by atoms with Gasteiger partial charge >= 0.3 is 0 Å². The monoisotopic (exact) mass is 287 g/mol. The summed E-state index contributed by atoms with van der Waals surface area (Å²) in [6.45, 7) is 3.54. The third-order valence-electron chi connectivity index (χ3n) is 2.91. The van der Waals surface area contributed by atoms with Crippen LogP contribution in [0.1, 0.15) is 27.2 Å². The van der Waals surface area contributed by atoms with E-state index in [-0.39, 0.29) is 16.9 Å². The highest BCUT2D eigenvalue weighted by molar-refractivity contribution is 6.30. The number of carbonyl (C=O) groups excluding carboxylic acids is 1. The molecule has 0 saturated heterocycles. The zero-order valence-corrected chi connectivity index (χ0v) is 12.0. The van der Waals surface area contributed by atoms with Crippen LogP contribution in [-0.4, -0.2) is 10.8 Å². The Morgan fingerprint density at radius 2 is 1.85 bits per heavy atom. The average Bonchev–Trinajstić information content (AvgIpc) is 2.37. The predicted octanol–water partition coefficient (Wildman–Crippen LogP) is 3.54. The minimum absolute atomic E-state index is 0.181. The average molecular weight is 288 g/mol. The van der Waals surface area contributed by atoms with Crippen molar-refractivity contribution in [1.29, 1.82) is 0 Å².